The lowest BCUT2D eigenvalue weighted by atomic mass is 10.0. The van der Waals surface area contributed by atoms with Gasteiger partial charge in [-0.05, 0) is 38.3 Å². The van der Waals surface area contributed by atoms with Gasteiger partial charge in [-0.2, -0.15) is 15.1 Å². The molecule has 34 heavy (non-hydrogen) atoms. The summed E-state index contributed by atoms with van der Waals surface area (Å²) in [5.74, 6) is 0.499. The second-order valence-corrected chi connectivity index (χ2v) is 11.7. The van der Waals surface area contributed by atoms with E-state index in [0.717, 1.165) is 32.6 Å². The van der Waals surface area contributed by atoms with Crippen LogP contribution in [0, 0.1) is 0 Å². The maximum Gasteiger partial charge on any atom is 0.359 e. The highest BCUT2D eigenvalue weighted by Gasteiger charge is 2.48. The number of halogens is 1. The summed E-state index contributed by atoms with van der Waals surface area (Å²) < 4.78 is 23.9. The summed E-state index contributed by atoms with van der Waals surface area (Å²) in [5, 5.41) is 36.5. The molecule has 0 radical (unpaired) electrons. The van der Waals surface area contributed by atoms with Gasteiger partial charge in [-0.1, -0.05) is 12.8 Å². The van der Waals surface area contributed by atoms with Crippen molar-refractivity contribution >= 4 is 36.0 Å². The highest BCUT2D eigenvalue weighted by molar-refractivity contribution is 7.53. The summed E-state index contributed by atoms with van der Waals surface area (Å²) in [6, 6.07) is 0. The van der Waals surface area contributed by atoms with E-state index in [9.17, 15) is 29.7 Å². The van der Waals surface area contributed by atoms with Crippen LogP contribution < -0.4 is 5.32 Å². The molecule has 15 heteroatoms. The summed E-state index contributed by atoms with van der Waals surface area (Å²) >= 11 is 6.17. The van der Waals surface area contributed by atoms with Crippen molar-refractivity contribution in [1.29, 1.82) is 0 Å². The minimum Gasteiger partial charge on any atom is -0.393 e. The van der Waals surface area contributed by atoms with Crippen molar-refractivity contribution in [1.82, 2.24) is 19.7 Å². The Balaban J connectivity index is 1.58. The summed E-state index contributed by atoms with van der Waals surface area (Å²) in [5.41, 5.74) is 0.129. The van der Waals surface area contributed by atoms with Gasteiger partial charge in [-0.3, -0.25) is 4.57 Å². The van der Waals surface area contributed by atoms with Gasteiger partial charge in [-0.25, -0.2) is 4.68 Å². The first kappa shape index (κ1) is 25.7. The van der Waals surface area contributed by atoms with Gasteiger partial charge in [0.1, 0.15) is 24.1 Å². The number of aliphatic hydroxyl groups excluding tert-OH is 3. The molecular weight excluding hydrogens is 493 g/mol. The van der Waals surface area contributed by atoms with Crippen LogP contribution in [0.3, 0.4) is 0 Å². The Labute approximate surface area is 200 Å². The third-order valence-electron chi connectivity index (χ3n) is 6.60. The maximum atomic E-state index is 11.7. The Hall–Kier alpha value is -1.41. The summed E-state index contributed by atoms with van der Waals surface area (Å²) in [4.78, 5) is 27.4. The third-order valence-corrected chi connectivity index (χ3v) is 8.27. The summed E-state index contributed by atoms with van der Waals surface area (Å²) in [6.45, 7) is 1.69. The second-order valence-electron chi connectivity index (χ2n) is 9.29. The molecule has 4 rings (SSSR count). The molecule has 2 aliphatic rings. The number of rotatable bonds is 8. The van der Waals surface area contributed by atoms with Gasteiger partial charge in [0.15, 0.2) is 17.2 Å². The molecule has 190 valence electrons. The quantitative estimate of drug-likeness (QED) is 0.211. The van der Waals surface area contributed by atoms with Crippen molar-refractivity contribution in [2.75, 3.05) is 18.5 Å². The molecule has 0 spiro atoms. The van der Waals surface area contributed by atoms with E-state index in [0.29, 0.717) is 11.2 Å². The standard InChI is InChI=1S/C19H29ClN5O8P/c1-18(5-3-4-6-18)24-14-10-7-21-25(15(10)23-17(20)22-14)16-13(28)12(27)11(33-16)8-32-19(2,9-26)34(29,30)31/h7,11-13,16,26-28H,3-6,8-9H2,1-2H3,(H,22,23,24)(H2,29,30,31)/t11-,12-,13-,16-,19+/m1/s1. The topological polar surface area (TPSA) is 192 Å². The molecule has 0 unspecified atom stereocenters. The molecule has 1 saturated carbocycles. The van der Waals surface area contributed by atoms with Gasteiger partial charge < -0.3 is 39.9 Å². The Kier molecular flexibility index (Phi) is 6.97. The number of hydrogen-bond donors (Lipinski definition) is 6. The number of nitrogens with zero attached hydrogens (tertiary/aromatic N) is 4. The number of nitrogens with one attached hydrogen (secondary N) is 1. The van der Waals surface area contributed by atoms with E-state index in [4.69, 9.17) is 21.1 Å². The molecule has 1 aliphatic heterocycles. The van der Waals surface area contributed by atoms with E-state index in [-0.39, 0.29) is 16.5 Å². The fraction of sp³-hybridized carbons (Fsp3) is 0.737. The van der Waals surface area contributed by atoms with Crippen LogP contribution in [0.15, 0.2) is 6.20 Å². The van der Waals surface area contributed by atoms with Gasteiger partial charge in [0.2, 0.25) is 5.28 Å². The first-order valence-corrected chi connectivity index (χ1v) is 12.9. The molecule has 0 bridgehead atoms. The van der Waals surface area contributed by atoms with Gasteiger partial charge in [-0.15, -0.1) is 0 Å². The minimum atomic E-state index is -4.83. The van der Waals surface area contributed by atoms with Crippen LogP contribution in [0.4, 0.5) is 5.82 Å². The van der Waals surface area contributed by atoms with Crippen LogP contribution in [0.1, 0.15) is 45.8 Å². The zero-order valence-electron chi connectivity index (χ0n) is 18.7. The zero-order valence-corrected chi connectivity index (χ0v) is 20.4. The lowest BCUT2D eigenvalue weighted by Gasteiger charge is -2.29. The summed E-state index contributed by atoms with van der Waals surface area (Å²) in [7, 11) is -4.83. The molecule has 0 aromatic carbocycles. The van der Waals surface area contributed by atoms with Gasteiger partial charge in [0.05, 0.1) is 24.8 Å². The Bertz CT molecular complexity index is 1090. The van der Waals surface area contributed by atoms with Crippen molar-refractivity contribution in [3.05, 3.63) is 11.5 Å². The zero-order chi connectivity index (χ0) is 24.9. The fourth-order valence-corrected chi connectivity index (χ4v) is 4.89. The molecule has 2 aromatic rings. The average molecular weight is 522 g/mol. The Morgan fingerprint density at radius 3 is 2.62 bits per heavy atom. The highest BCUT2D eigenvalue weighted by Crippen LogP contribution is 2.51. The van der Waals surface area contributed by atoms with Crippen molar-refractivity contribution in [2.24, 2.45) is 0 Å². The maximum absolute atomic E-state index is 11.7. The number of fused-ring (bicyclic) bond motifs is 1. The first-order valence-electron chi connectivity index (χ1n) is 10.9. The van der Waals surface area contributed by atoms with E-state index in [1.807, 2.05) is 0 Å². The van der Waals surface area contributed by atoms with Crippen LogP contribution in [0.2, 0.25) is 5.28 Å². The molecule has 1 aliphatic carbocycles. The van der Waals surface area contributed by atoms with Gasteiger partial charge in [0.25, 0.3) is 0 Å². The van der Waals surface area contributed by atoms with Crippen LogP contribution in [0.5, 0.6) is 0 Å². The molecule has 2 fully saturated rings. The third kappa shape index (κ3) is 4.69. The lowest BCUT2D eigenvalue weighted by Crippen LogP contribution is -2.39. The monoisotopic (exact) mass is 521 g/mol. The number of hydrogen-bond acceptors (Lipinski definition) is 10. The largest absolute Gasteiger partial charge is 0.393 e. The smallest absolute Gasteiger partial charge is 0.359 e. The molecule has 2 aromatic heterocycles. The van der Waals surface area contributed by atoms with Crippen LogP contribution in [-0.2, 0) is 14.0 Å². The predicted octanol–water partition coefficient (Wildman–Crippen LogP) is 0.746. The number of anilines is 1. The van der Waals surface area contributed by atoms with E-state index < -0.39 is 50.7 Å². The Morgan fingerprint density at radius 1 is 1.32 bits per heavy atom. The van der Waals surface area contributed by atoms with Crippen LogP contribution in [-0.4, -0.2) is 87.3 Å². The van der Waals surface area contributed by atoms with E-state index in [2.05, 4.69) is 27.3 Å². The SMILES string of the molecule is CC1(Nc2nc(Cl)nc3c2cnn3[C@@H]2O[C@H](CO[C@](C)(CO)P(=O)(O)O)[C@@H](O)[C@H]2O)CCCC1. The van der Waals surface area contributed by atoms with Crippen molar-refractivity contribution in [2.45, 2.75) is 75.0 Å². The van der Waals surface area contributed by atoms with Crippen molar-refractivity contribution < 1.29 is 39.1 Å². The van der Waals surface area contributed by atoms with Gasteiger partial charge >= 0.3 is 7.60 Å². The normalized spacial score (nSPS) is 28.9. The molecule has 5 atom stereocenters. The van der Waals surface area contributed by atoms with Crippen molar-refractivity contribution in [3.63, 3.8) is 0 Å². The molecule has 1 saturated heterocycles. The number of ether oxygens (including phenoxy) is 2. The molecule has 3 heterocycles. The predicted molar refractivity (Wildman–Crippen MR) is 120 cm³/mol. The molecular formula is C19H29ClN5O8P. The average Bonchev–Trinajstić information content (AvgIpc) is 3.44. The summed E-state index contributed by atoms with van der Waals surface area (Å²) in [6.07, 6.45) is 0.405. The number of aliphatic hydroxyl groups is 3. The second kappa shape index (κ2) is 9.23. The van der Waals surface area contributed by atoms with E-state index in [1.165, 1.54) is 10.9 Å². The Morgan fingerprint density at radius 2 is 2.00 bits per heavy atom. The molecule has 6 N–H and O–H groups in total. The lowest BCUT2D eigenvalue weighted by molar-refractivity contribution is -0.104. The molecule has 0 amide bonds. The van der Waals surface area contributed by atoms with Crippen LogP contribution in [0.25, 0.3) is 11.0 Å². The van der Waals surface area contributed by atoms with Crippen LogP contribution >= 0.6 is 19.2 Å². The first-order chi connectivity index (χ1) is 15.9. The highest BCUT2D eigenvalue weighted by atomic mass is 35.5. The van der Waals surface area contributed by atoms with E-state index >= 15 is 0 Å². The number of aromatic nitrogens is 4. The van der Waals surface area contributed by atoms with E-state index in [1.54, 1.807) is 0 Å². The fourth-order valence-electron chi connectivity index (χ4n) is 4.30. The van der Waals surface area contributed by atoms with Crippen molar-refractivity contribution in [3.8, 4) is 0 Å². The van der Waals surface area contributed by atoms with Gasteiger partial charge in [0, 0.05) is 5.54 Å². The minimum absolute atomic E-state index is 0.0355. The molecule has 13 nitrogen and oxygen atoms in total.